The molecule has 2 heterocycles. The highest BCUT2D eigenvalue weighted by molar-refractivity contribution is 7.07. The molecule has 0 unspecified atom stereocenters. The van der Waals surface area contributed by atoms with Crippen molar-refractivity contribution in [3.05, 3.63) is 23.2 Å². The molecule has 0 radical (unpaired) electrons. The van der Waals surface area contributed by atoms with Gasteiger partial charge in [0.25, 0.3) is 5.91 Å². The molecule has 72 valence electrons. The minimum Gasteiger partial charge on any atom is -0.344 e. The van der Waals surface area contributed by atoms with E-state index in [9.17, 15) is 4.79 Å². The van der Waals surface area contributed by atoms with E-state index in [1.54, 1.807) is 0 Å². The van der Waals surface area contributed by atoms with E-state index in [1.165, 1.54) is 12.5 Å². The molecule has 2 aromatic rings. The topological polar surface area (TPSA) is 96.5 Å². The average molecular weight is 210 g/mol. The van der Waals surface area contributed by atoms with Crippen LogP contribution < -0.4 is 5.32 Å². The first kappa shape index (κ1) is 8.75. The van der Waals surface area contributed by atoms with Gasteiger partial charge in [0.15, 0.2) is 0 Å². The minimum absolute atomic E-state index is 0.212. The smallest absolute Gasteiger partial charge is 0.265 e. The van der Waals surface area contributed by atoms with Crippen LogP contribution in [0.1, 0.15) is 15.5 Å². The van der Waals surface area contributed by atoms with E-state index in [4.69, 9.17) is 0 Å². The van der Waals surface area contributed by atoms with E-state index >= 15 is 0 Å². The molecule has 2 aromatic heterocycles. The molecule has 1 amide bonds. The Hall–Kier alpha value is -1.83. The van der Waals surface area contributed by atoms with Crippen LogP contribution >= 0.6 is 11.5 Å². The summed E-state index contributed by atoms with van der Waals surface area (Å²) < 4.78 is 3.58. The van der Waals surface area contributed by atoms with Crippen LogP contribution in [0.15, 0.2) is 12.5 Å². The van der Waals surface area contributed by atoms with Gasteiger partial charge in [-0.15, -0.1) is 5.10 Å². The monoisotopic (exact) mass is 210 g/mol. The number of aromatic nitrogens is 5. The normalized spacial score (nSPS) is 10.0. The first-order valence-corrected chi connectivity index (χ1v) is 4.53. The summed E-state index contributed by atoms with van der Waals surface area (Å²) in [7, 11) is 0. The molecule has 0 fully saturated rings. The molecule has 8 heteroatoms. The molecule has 0 saturated heterocycles. The van der Waals surface area contributed by atoms with Crippen molar-refractivity contribution in [2.75, 3.05) is 0 Å². The van der Waals surface area contributed by atoms with E-state index in [0.717, 1.165) is 11.5 Å². The van der Waals surface area contributed by atoms with E-state index in [1.807, 2.05) is 0 Å². The number of hydrogen-bond donors (Lipinski definition) is 2. The van der Waals surface area contributed by atoms with Crippen LogP contribution in [0.25, 0.3) is 0 Å². The molecule has 2 rings (SSSR count). The molecule has 7 nitrogen and oxygen atoms in total. The lowest BCUT2D eigenvalue weighted by Gasteiger charge is -1.98. The van der Waals surface area contributed by atoms with Gasteiger partial charge in [-0.05, 0) is 11.5 Å². The molecule has 0 aliphatic carbocycles. The fourth-order valence-corrected chi connectivity index (χ4v) is 1.27. The molecule has 14 heavy (non-hydrogen) atoms. The summed E-state index contributed by atoms with van der Waals surface area (Å²) in [5, 5.41) is 12.5. The standard InChI is InChI=1S/C6H6N6OS/c13-6(4-1-9-12-14-4)7-2-5-8-3-10-11-5/h1,3H,2H2,(H,7,13)(H,8,10,11). The van der Waals surface area contributed by atoms with Crippen molar-refractivity contribution in [2.24, 2.45) is 0 Å². The number of amides is 1. The average Bonchev–Trinajstić information content (AvgIpc) is 2.87. The molecule has 0 atom stereocenters. The second-order valence-corrected chi connectivity index (χ2v) is 3.18. The maximum absolute atomic E-state index is 11.4. The Bertz CT molecular complexity index is 396. The molecule has 0 bridgehead atoms. The quantitative estimate of drug-likeness (QED) is 0.717. The van der Waals surface area contributed by atoms with Crippen LogP contribution in [0, 0.1) is 0 Å². The van der Waals surface area contributed by atoms with Gasteiger partial charge >= 0.3 is 0 Å². The second-order valence-electron chi connectivity index (χ2n) is 2.40. The Kier molecular flexibility index (Phi) is 2.45. The van der Waals surface area contributed by atoms with E-state index < -0.39 is 0 Å². The summed E-state index contributed by atoms with van der Waals surface area (Å²) in [5.74, 6) is 0.396. The van der Waals surface area contributed by atoms with Crippen molar-refractivity contribution in [2.45, 2.75) is 6.54 Å². The van der Waals surface area contributed by atoms with E-state index in [2.05, 4.69) is 30.1 Å². The predicted molar refractivity (Wildman–Crippen MR) is 47.5 cm³/mol. The fourth-order valence-electron chi connectivity index (χ4n) is 0.834. The van der Waals surface area contributed by atoms with Gasteiger partial charge in [-0.2, -0.15) is 5.10 Å². The summed E-state index contributed by atoms with van der Waals surface area (Å²) in [5.41, 5.74) is 0. The number of carbonyl (C=O) groups excluding carboxylic acids is 1. The maximum Gasteiger partial charge on any atom is 0.265 e. The van der Waals surface area contributed by atoms with Gasteiger partial charge in [0.05, 0.1) is 12.7 Å². The molecule has 0 aromatic carbocycles. The Labute approximate surface area is 82.7 Å². The number of aromatic amines is 1. The van der Waals surface area contributed by atoms with Crippen molar-refractivity contribution < 1.29 is 4.79 Å². The van der Waals surface area contributed by atoms with Gasteiger partial charge in [-0.25, -0.2) is 4.98 Å². The number of nitrogens with one attached hydrogen (secondary N) is 2. The zero-order valence-electron chi connectivity index (χ0n) is 6.97. The lowest BCUT2D eigenvalue weighted by molar-refractivity contribution is 0.0954. The summed E-state index contributed by atoms with van der Waals surface area (Å²) in [6, 6.07) is 0. The van der Waals surface area contributed by atoms with E-state index in [0.29, 0.717) is 17.2 Å². The lowest BCUT2D eigenvalue weighted by Crippen LogP contribution is -2.22. The molecule has 0 spiro atoms. The third-order valence-electron chi connectivity index (χ3n) is 1.47. The van der Waals surface area contributed by atoms with Crippen molar-refractivity contribution in [3.8, 4) is 0 Å². The highest BCUT2D eigenvalue weighted by atomic mass is 32.1. The highest BCUT2D eigenvalue weighted by Gasteiger charge is 2.07. The molecule has 0 aliphatic rings. The predicted octanol–water partition coefficient (Wildman–Crippen LogP) is -0.414. The SMILES string of the molecule is O=C(NCc1ncn[nH]1)c1cnns1. The Balaban J connectivity index is 1.90. The summed E-state index contributed by atoms with van der Waals surface area (Å²) in [6.07, 6.45) is 2.80. The zero-order valence-corrected chi connectivity index (χ0v) is 7.78. The van der Waals surface area contributed by atoms with Crippen LogP contribution in [0.4, 0.5) is 0 Å². The number of carbonyl (C=O) groups is 1. The van der Waals surface area contributed by atoms with Crippen LogP contribution in [0.3, 0.4) is 0 Å². The van der Waals surface area contributed by atoms with Crippen LogP contribution in [-0.4, -0.2) is 30.7 Å². The molecule has 0 aliphatic heterocycles. The number of H-pyrrole nitrogens is 1. The first-order valence-electron chi connectivity index (χ1n) is 3.76. The number of hydrogen-bond acceptors (Lipinski definition) is 6. The maximum atomic E-state index is 11.4. The molecule has 2 N–H and O–H groups in total. The van der Waals surface area contributed by atoms with Crippen LogP contribution in [-0.2, 0) is 6.54 Å². The van der Waals surface area contributed by atoms with Gasteiger partial charge in [0.1, 0.15) is 17.0 Å². The molecular formula is C6H6N6OS. The van der Waals surface area contributed by atoms with Crippen molar-refractivity contribution >= 4 is 17.4 Å². The van der Waals surface area contributed by atoms with Crippen LogP contribution in [0.2, 0.25) is 0 Å². The highest BCUT2D eigenvalue weighted by Crippen LogP contribution is 2.01. The summed E-state index contributed by atoms with van der Waals surface area (Å²) in [4.78, 5) is 15.7. The van der Waals surface area contributed by atoms with Gasteiger partial charge < -0.3 is 5.32 Å². The lowest BCUT2D eigenvalue weighted by atomic mass is 10.5. The van der Waals surface area contributed by atoms with Crippen molar-refractivity contribution in [1.82, 2.24) is 30.1 Å². The van der Waals surface area contributed by atoms with Crippen LogP contribution in [0.5, 0.6) is 0 Å². The third kappa shape index (κ3) is 1.91. The summed E-state index contributed by atoms with van der Waals surface area (Å²) in [6.45, 7) is 0.316. The largest absolute Gasteiger partial charge is 0.344 e. The van der Waals surface area contributed by atoms with Crippen molar-refractivity contribution in [1.29, 1.82) is 0 Å². The first-order chi connectivity index (χ1) is 6.86. The zero-order chi connectivity index (χ0) is 9.80. The Morgan fingerprint density at radius 3 is 3.21 bits per heavy atom. The Morgan fingerprint density at radius 1 is 1.64 bits per heavy atom. The molecule has 0 saturated carbocycles. The van der Waals surface area contributed by atoms with Gasteiger partial charge in [0.2, 0.25) is 0 Å². The summed E-state index contributed by atoms with van der Waals surface area (Å²) >= 11 is 1.05. The molecular weight excluding hydrogens is 204 g/mol. The van der Waals surface area contributed by atoms with Gasteiger partial charge in [-0.1, -0.05) is 4.49 Å². The second kappa shape index (κ2) is 3.92. The number of nitrogens with zero attached hydrogens (tertiary/aromatic N) is 4. The van der Waals surface area contributed by atoms with Gasteiger partial charge in [-0.3, -0.25) is 9.89 Å². The number of rotatable bonds is 3. The Morgan fingerprint density at radius 2 is 2.57 bits per heavy atom. The van der Waals surface area contributed by atoms with Crippen molar-refractivity contribution in [3.63, 3.8) is 0 Å². The van der Waals surface area contributed by atoms with E-state index in [-0.39, 0.29) is 5.91 Å². The van der Waals surface area contributed by atoms with Gasteiger partial charge in [0, 0.05) is 0 Å². The third-order valence-corrected chi connectivity index (χ3v) is 2.13. The fraction of sp³-hybridized carbons (Fsp3) is 0.167. The minimum atomic E-state index is -0.212.